The van der Waals surface area contributed by atoms with Crippen LogP contribution in [0.15, 0.2) is 29.4 Å². The van der Waals surface area contributed by atoms with Crippen LogP contribution >= 0.6 is 0 Å². The van der Waals surface area contributed by atoms with E-state index in [1.807, 2.05) is 0 Å². The van der Waals surface area contributed by atoms with E-state index in [-0.39, 0.29) is 0 Å². The van der Waals surface area contributed by atoms with Gasteiger partial charge in [-0.15, -0.1) is 4.91 Å². The van der Waals surface area contributed by atoms with E-state index in [1.165, 1.54) is 24.3 Å². The standard InChI is InChI=1S/C17H25N3O5/c1-16(2,3)24-14(21)20(15(22)25-17(4,5)6)13(19-23)11-7-9-12(18)10-8-11/h7-10,13H,18H2,1-6H3. The molecule has 1 atom stereocenters. The summed E-state index contributed by atoms with van der Waals surface area (Å²) in [7, 11) is 0. The number of benzene rings is 1. The molecule has 2 N–H and O–H groups in total. The number of nitroso groups, excluding NO2 is 1. The third kappa shape index (κ3) is 6.40. The largest absolute Gasteiger partial charge is 0.443 e. The molecule has 0 saturated carbocycles. The van der Waals surface area contributed by atoms with Crippen molar-refractivity contribution in [2.75, 3.05) is 5.73 Å². The summed E-state index contributed by atoms with van der Waals surface area (Å²) in [6.45, 7) is 9.86. The number of nitrogen functional groups attached to an aromatic ring is 1. The highest BCUT2D eigenvalue weighted by molar-refractivity contribution is 5.88. The topological polar surface area (TPSA) is 111 Å². The van der Waals surface area contributed by atoms with Crippen molar-refractivity contribution in [2.45, 2.75) is 58.9 Å². The average molecular weight is 351 g/mol. The molecule has 0 aromatic heterocycles. The van der Waals surface area contributed by atoms with Crippen molar-refractivity contribution in [3.05, 3.63) is 34.7 Å². The van der Waals surface area contributed by atoms with Gasteiger partial charge in [-0.1, -0.05) is 12.1 Å². The average Bonchev–Trinajstić information content (AvgIpc) is 2.41. The fraction of sp³-hybridized carbons (Fsp3) is 0.529. The van der Waals surface area contributed by atoms with Gasteiger partial charge in [-0.3, -0.25) is 0 Å². The lowest BCUT2D eigenvalue weighted by molar-refractivity contribution is -0.00707. The SMILES string of the molecule is CC(C)(C)OC(=O)N(C(=O)OC(C)(C)C)C(N=O)c1ccc(N)cc1. The predicted molar refractivity (Wildman–Crippen MR) is 93.7 cm³/mol. The summed E-state index contributed by atoms with van der Waals surface area (Å²) >= 11 is 0. The van der Waals surface area contributed by atoms with Crippen LogP contribution in [-0.2, 0) is 9.47 Å². The number of carbonyl (C=O) groups is 2. The quantitative estimate of drug-likeness (QED) is 0.645. The summed E-state index contributed by atoms with van der Waals surface area (Å²) in [5, 5.41) is 2.92. The van der Waals surface area contributed by atoms with E-state index in [1.54, 1.807) is 41.5 Å². The zero-order chi connectivity index (χ0) is 19.4. The van der Waals surface area contributed by atoms with Gasteiger partial charge in [-0.2, -0.15) is 4.90 Å². The summed E-state index contributed by atoms with van der Waals surface area (Å²) in [5.74, 6) is 0. The minimum absolute atomic E-state index is 0.306. The van der Waals surface area contributed by atoms with Crippen LogP contribution in [0.5, 0.6) is 0 Å². The second-order valence-corrected chi connectivity index (χ2v) is 7.48. The number of hydrogen-bond donors (Lipinski definition) is 1. The molecular formula is C17H25N3O5. The number of rotatable bonds is 3. The molecule has 1 aromatic rings. The first-order valence-corrected chi connectivity index (χ1v) is 7.77. The van der Waals surface area contributed by atoms with Gasteiger partial charge in [0.05, 0.1) is 0 Å². The number of hydrogen-bond acceptors (Lipinski definition) is 7. The van der Waals surface area contributed by atoms with Gasteiger partial charge in [0.25, 0.3) is 0 Å². The lowest BCUT2D eigenvalue weighted by Crippen LogP contribution is -2.45. The molecule has 25 heavy (non-hydrogen) atoms. The highest BCUT2D eigenvalue weighted by Crippen LogP contribution is 2.27. The molecule has 0 radical (unpaired) electrons. The smallest absolute Gasteiger partial charge is 0.422 e. The normalized spacial score (nSPS) is 12.9. The van der Waals surface area contributed by atoms with Crippen molar-refractivity contribution >= 4 is 17.9 Å². The molecule has 0 spiro atoms. The van der Waals surface area contributed by atoms with Gasteiger partial charge in [-0.05, 0) is 58.9 Å². The Labute approximate surface area is 147 Å². The molecule has 0 aliphatic heterocycles. The van der Waals surface area contributed by atoms with E-state index in [4.69, 9.17) is 15.2 Å². The molecule has 0 fully saturated rings. The van der Waals surface area contributed by atoms with Crippen molar-refractivity contribution in [3.8, 4) is 0 Å². The van der Waals surface area contributed by atoms with E-state index in [0.29, 0.717) is 16.2 Å². The summed E-state index contributed by atoms with van der Waals surface area (Å²) in [4.78, 5) is 37.0. The summed E-state index contributed by atoms with van der Waals surface area (Å²) < 4.78 is 10.5. The highest BCUT2D eigenvalue weighted by Gasteiger charge is 2.38. The fourth-order valence-corrected chi connectivity index (χ4v) is 1.82. The van der Waals surface area contributed by atoms with E-state index in [9.17, 15) is 14.5 Å². The maximum atomic E-state index is 12.5. The van der Waals surface area contributed by atoms with Gasteiger partial charge in [-0.25, -0.2) is 9.59 Å². The van der Waals surface area contributed by atoms with Crippen LogP contribution < -0.4 is 5.73 Å². The molecule has 0 bridgehead atoms. The van der Waals surface area contributed by atoms with Gasteiger partial charge < -0.3 is 15.2 Å². The van der Waals surface area contributed by atoms with Crippen molar-refractivity contribution in [3.63, 3.8) is 0 Å². The first-order valence-electron chi connectivity index (χ1n) is 7.77. The number of nitrogens with zero attached hydrogens (tertiary/aromatic N) is 2. The Morgan fingerprint density at radius 2 is 1.36 bits per heavy atom. The molecule has 8 heteroatoms. The molecule has 1 unspecified atom stereocenters. The Bertz CT molecular complexity index is 601. The van der Waals surface area contributed by atoms with E-state index < -0.39 is 29.6 Å². The van der Waals surface area contributed by atoms with Gasteiger partial charge in [0.2, 0.25) is 6.17 Å². The van der Waals surface area contributed by atoms with E-state index >= 15 is 0 Å². The third-order valence-corrected chi connectivity index (χ3v) is 2.76. The molecule has 138 valence electrons. The zero-order valence-corrected chi connectivity index (χ0v) is 15.4. The van der Waals surface area contributed by atoms with Crippen molar-refractivity contribution < 1.29 is 19.1 Å². The number of amides is 2. The molecule has 0 aliphatic rings. The molecule has 1 rings (SSSR count). The first kappa shape index (κ1) is 20.4. The molecule has 8 nitrogen and oxygen atoms in total. The fourth-order valence-electron chi connectivity index (χ4n) is 1.82. The van der Waals surface area contributed by atoms with E-state index in [2.05, 4.69) is 5.18 Å². The van der Waals surface area contributed by atoms with Crippen LogP contribution in [0, 0.1) is 4.91 Å². The second-order valence-electron chi connectivity index (χ2n) is 7.48. The maximum Gasteiger partial charge on any atom is 0.422 e. The van der Waals surface area contributed by atoms with Crippen LogP contribution in [0.1, 0.15) is 53.3 Å². The number of ether oxygens (including phenoxy) is 2. The molecule has 0 saturated heterocycles. The Morgan fingerprint density at radius 1 is 0.960 bits per heavy atom. The Morgan fingerprint density at radius 3 is 1.68 bits per heavy atom. The summed E-state index contributed by atoms with van der Waals surface area (Å²) in [6.07, 6.45) is -3.49. The Kier molecular flexibility index (Phi) is 6.12. The minimum Gasteiger partial charge on any atom is -0.443 e. The lowest BCUT2D eigenvalue weighted by Gasteiger charge is -2.30. The zero-order valence-electron chi connectivity index (χ0n) is 15.4. The number of imide groups is 1. The van der Waals surface area contributed by atoms with Crippen molar-refractivity contribution in [1.82, 2.24) is 4.90 Å². The second kappa shape index (κ2) is 7.50. The third-order valence-electron chi connectivity index (χ3n) is 2.76. The molecule has 0 heterocycles. The highest BCUT2D eigenvalue weighted by atomic mass is 16.6. The van der Waals surface area contributed by atoms with Gasteiger partial charge in [0, 0.05) is 11.3 Å². The molecular weight excluding hydrogens is 326 g/mol. The monoisotopic (exact) mass is 351 g/mol. The Balaban J connectivity index is 3.26. The Hall–Kier alpha value is -2.64. The summed E-state index contributed by atoms with van der Waals surface area (Å²) in [5.41, 5.74) is 4.66. The van der Waals surface area contributed by atoms with Gasteiger partial charge in [0.1, 0.15) is 11.2 Å². The number of carbonyl (C=O) groups excluding carboxylic acids is 2. The van der Waals surface area contributed by atoms with Crippen LogP contribution in [-0.4, -0.2) is 28.3 Å². The van der Waals surface area contributed by atoms with Crippen LogP contribution in [0.25, 0.3) is 0 Å². The van der Waals surface area contributed by atoms with E-state index in [0.717, 1.165) is 0 Å². The van der Waals surface area contributed by atoms with Crippen molar-refractivity contribution in [2.24, 2.45) is 5.18 Å². The number of nitrogens with two attached hydrogens (primary N) is 1. The molecule has 0 aliphatic carbocycles. The summed E-state index contributed by atoms with van der Waals surface area (Å²) in [6, 6.07) is 6.08. The van der Waals surface area contributed by atoms with Gasteiger partial charge >= 0.3 is 12.2 Å². The predicted octanol–water partition coefficient (Wildman–Crippen LogP) is 4.21. The van der Waals surface area contributed by atoms with Crippen LogP contribution in [0.3, 0.4) is 0 Å². The minimum atomic E-state index is -1.44. The lowest BCUT2D eigenvalue weighted by atomic mass is 10.1. The number of anilines is 1. The van der Waals surface area contributed by atoms with Gasteiger partial charge in [0.15, 0.2) is 0 Å². The van der Waals surface area contributed by atoms with Crippen molar-refractivity contribution in [1.29, 1.82) is 0 Å². The maximum absolute atomic E-state index is 12.5. The molecule has 1 aromatic carbocycles. The molecule has 2 amide bonds. The van der Waals surface area contributed by atoms with Crippen LogP contribution in [0.4, 0.5) is 15.3 Å². The van der Waals surface area contributed by atoms with Crippen LogP contribution in [0.2, 0.25) is 0 Å². The first-order chi connectivity index (χ1) is 11.3.